The number of aryl methyl sites for hydroxylation is 2. The Bertz CT molecular complexity index is 411. The van der Waals surface area contributed by atoms with Gasteiger partial charge in [-0.05, 0) is 44.6 Å². The number of hydrogen-bond donors (Lipinski definition) is 0. The summed E-state index contributed by atoms with van der Waals surface area (Å²) in [5.74, 6) is 1.70. The van der Waals surface area contributed by atoms with E-state index in [2.05, 4.69) is 23.8 Å². The molecule has 2 atom stereocenters. The third kappa shape index (κ3) is 0.865. The summed E-state index contributed by atoms with van der Waals surface area (Å²) in [5, 5.41) is 0. The lowest BCUT2D eigenvalue weighted by molar-refractivity contribution is 0.487. The van der Waals surface area contributed by atoms with Gasteiger partial charge in [-0.3, -0.25) is 0 Å². The van der Waals surface area contributed by atoms with Crippen LogP contribution in [0.25, 0.3) is 0 Å². The van der Waals surface area contributed by atoms with E-state index < -0.39 is 0 Å². The summed E-state index contributed by atoms with van der Waals surface area (Å²) in [7, 11) is 0. The van der Waals surface area contributed by atoms with Gasteiger partial charge in [0, 0.05) is 11.1 Å². The van der Waals surface area contributed by atoms with Gasteiger partial charge in [-0.2, -0.15) is 0 Å². The minimum absolute atomic E-state index is 0.373. The van der Waals surface area contributed by atoms with Crippen LogP contribution < -0.4 is 0 Å². The molecule has 2 heteroatoms. The Morgan fingerprint density at radius 1 is 1.29 bits per heavy atom. The van der Waals surface area contributed by atoms with Gasteiger partial charge in [-0.1, -0.05) is 6.92 Å². The zero-order chi connectivity index (χ0) is 9.92. The molecule has 0 aliphatic heterocycles. The monoisotopic (exact) mass is 188 g/mol. The predicted molar refractivity (Wildman–Crippen MR) is 55.5 cm³/mol. The fourth-order valence-corrected chi connectivity index (χ4v) is 3.37. The molecular formula is C12H16N2. The lowest BCUT2D eigenvalue weighted by Gasteiger charge is -2.23. The molecule has 1 aromatic rings. The SMILES string of the molecule is Cc1nc(C)c2c(n1)[C@]1(C)CC[C@H]2C1. The van der Waals surface area contributed by atoms with Gasteiger partial charge in [0.25, 0.3) is 0 Å². The van der Waals surface area contributed by atoms with Crippen LogP contribution in [0.2, 0.25) is 0 Å². The normalized spacial score (nSPS) is 33.5. The van der Waals surface area contributed by atoms with E-state index in [0.29, 0.717) is 5.41 Å². The molecule has 2 aliphatic rings. The van der Waals surface area contributed by atoms with Crippen molar-refractivity contribution >= 4 is 0 Å². The van der Waals surface area contributed by atoms with Gasteiger partial charge in [-0.25, -0.2) is 9.97 Å². The first-order chi connectivity index (χ1) is 6.60. The summed E-state index contributed by atoms with van der Waals surface area (Å²) in [5.41, 5.74) is 4.43. The average Bonchev–Trinajstić information content (AvgIpc) is 2.58. The Labute approximate surface area is 84.8 Å². The molecule has 3 rings (SSSR count). The molecule has 0 saturated heterocycles. The quantitative estimate of drug-likeness (QED) is 0.625. The highest BCUT2D eigenvalue weighted by Gasteiger charge is 2.48. The van der Waals surface area contributed by atoms with Crippen molar-refractivity contribution in [1.82, 2.24) is 9.97 Å². The first-order valence-corrected chi connectivity index (χ1v) is 5.46. The molecule has 14 heavy (non-hydrogen) atoms. The highest BCUT2D eigenvalue weighted by molar-refractivity contribution is 5.42. The molecule has 0 spiro atoms. The highest BCUT2D eigenvalue weighted by Crippen LogP contribution is 2.56. The lowest BCUT2D eigenvalue weighted by atomic mass is 9.85. The standard InChI is InChI=1S/C12H16N2/c1-7-10-9-4-5-12(3,6-9)11(10)14-8(2)13-7/h9H,4-6H2,1-3H3/t9-,12+/m0/s1. The number of nitrogens with zero attached hydrogens (tertiary/aromatic N) is 2. The smallest absolute Gasteiger partial charge is 0.125 e. The van der Waals surface area contributed by atoms with Crippen molar-refractivity contribution in [1.29, 1.82) is 0 Å². The van der Waals surface area contributed by atoms with Crippen LogP contribution in [0, 0.1) is 13.8 Å². The van der Waals surface area contributed by atoms with Gasteiger partial charge in [0.1, 0.15) is 5.82 Å². The summed E-state index contributed by atoms with van der Waals surface area (Å²) in [6.07, 6.45) is 3.97. The van der Waals surface area contributed by atoms with Gasteiger partial charge >= 0.3 is 0 Å². The zero-order valence-electron chi connectivity index (χ0n) is 9.09. The van der Waals surface area contributed by atoms with Crippen LogP contribution in [0.4, 0.5) is 0 Å². The molecule has 1 saturated carbocycles. The zero-order valence-corrected chi connectivity index (χ0v) is 9.09. The third-order valence-electron chi connectivity index (χ3n) is 3.97. The summed E-state index contributed by atoms with van der Waals surface area (Å²) in [4.78, 5) is 9.14. The maximum atomic E-state index is 4.66. The van der Waals surface area contributed by atoms with Crippen molar-refractivity contribution in [3.63, 3.8) is 0 Å². The fourth-order valence-electron chi connectivity index (χ4n) is 3.37. The van der Waals surface area contributed by atoms with E-state index in [0.717, 1.165) is 11.7 Å². The predicted octanol–water partition coefficient (Wildman–Crippen LogP) is 2.63. The summed E-state index contributed by atoms with van der Waals surface area (Å²) in [6.45, 7) is 6.50. The molecule has 2 bridgehead atoms. The largest absolute Gasteiger partial charge is 0.238 e. The minimum Gasteiger partial charge on any atom is -0.238 e. The van der Waals surface area contributed by atoms with Gasteiger partial charge in [0.2, 0.25) is 0 Å². The van der Waals surface area contributed by atoms with Crippen molar-refractivity contribution in [2.24, 2.45) is 0 Å². The van der Waals surface area contributed by atoms with Crippen LogP contribution in [0.15, 0.2) is 0 Å². The Morgan fingerprint density at radius 3 is 2.86 bits per heavy atom. The summed E-state index contributed by atoms with van der Waals surface area (Å²) in [6, 6.07) is 0. The van der Waals surface area contributed by atoms with E-state index >= 15 is 0 Å². The topological polar surface area (TPSA) is 25.8 Å². The average molecular weight is 188 g/mol. The van der Waals surface area contributed by atoms with Crippen molar-refractivity contribution < 1.29 is 0 Å². The molecule has 74 valence electrons. The Balaban J connectivity index is 2.30. The van der Waals surface area contributed by atoms with E-state index in [9.17, 15) is 0 Å². The second kappa shape index (κ2) is 2.36. The van der Waals surface area contributed by atoms with E-state index in [1.165, 1.54) is 36.2 Å². The molecule has 0 N–H and O–H groups in total. The highest BCUT2D eigenvalue weighted by atomic mass is 14.9. The minimum atomic E-state index is 0.373. The molecule has 0 amide bonds. The maximum absolute atomic E-state index is 4.66. The fraction of sp³-hybridized carbons (Fsp3) is 0.667. The van der Waals surface area contributed by atoms with Gasteiger partial charge < -0.3 is 0 Å². The van der Waals surface area contributed by atoms with E-state index in [1.807, 2.05) is 6.92 Å². The maximum Gasteiger partial charge on any atom is 0.125 e. The van der Waals surface area contributed by atoms with Crippen LogP contribution in [-0.2, 0) is 5.41 Å². The molecule has 2 aliphatic carbocycles. The molecule has 0 radical (unpaired) electrons. The molecule has 1 aromatic heterocycles. The molecule has 0 unspecified atom stereocenters. The van der Waals surface area contributed by atoms with Crippen LogP contribution in [0.5, 0.6) is 0 Å². The molecule has 2 nitrogen and oxygen atoms in total. The van der Waals surface area contributed by atoms with Crippen LogP contribution in [0.1, 0.15) is 54.9 Å². The second-order valence-corrected chi connectivity index (χ2v) is 5.12. The first-order valence-electron chi connectivity index (χ1n) is 5.46. The lowest BCUT2D eigenvalue weighted by Crippen LogP contribution is -2.19. The summed E-state index contributed by atoms with van der Waals surface area (Å²) >= 11 is 0. The van der Waals surface area contributed by atoms with E-state index in [-0.39, 0.29) is 0 Å². The van der Waals surface area contributed by atoms with Crippen LogP contribution in [0.3, 0.4) is 0 Å². The van der Waals surface area contributed by atoms with Crippen LogP contribution >= 0.6 is 0 Å². The molecule has 1 fully saturated rings. The molecular weight excluding hydrogens is 172 g/mol. The van der Waals surface area contributed by atoms with E-state index in [4.69, 9.17) is 0 Å². The van der Waals surface area contributed by atoms with Crippen molar-refractivity contribution in [2.45, 2.75) is 51.4 Å². The van der Waals surface area contributed by atoms with Crippen molar-refractivity contribution in [3.05, 3.63) is 22.8 Å². The van der Waals surface area contributed by atoms with E-state index in [1.54, 1.807) is 0 Å². The number of hydrogen-bond acceptors (Lipinski definition) is 2. The van der Waals surface area contributed by atoms with Gasteiger partial charge in [-0.15, -0.1) is 0 Å². The Hall–Kier alpha value is -0.920. The Kier molecular flexibility index (Phi) is 1.41. The van der Waals surface area contributed by atoms with Gasteiger partial charge in [0.15, 0.2) is 0 Å². The van der Waals surface area contributed by atoms with Gasteiger partial charge in [0.05, 0.1) is 5.69 Å². The first kappa shape index (κ1) is 8.39. The second-order valence-electron chi connectivity index (χ2n) is 5.12. The van der Waals surface area contributed by atoms with Crippen molar-refractivity contribution in [2.75, 3.05) is 0 Å². The Morgan fingerprint density at radius 2 is 2.07 bits per heavy atom. The summed E-state index contributed by atoms with van der Waals surface area (Å²) < 4.78 is 0. The molecule has 0 aromatic carbocycles. The number of rotatable bonds is 0. The third-order valence-corrected chi connectivity index (χ3v) is 3.97. The number of fused-ring (bicyclic) bond motifs is 5. The van der Waals surface area contributed by atoms with Crippen molar-refractivity contribution in [3.8, 4) is 0 Å². The number of aromatic nitrogens is 2. The molecule has 1 heterocycles. The van der Waals surface area contributed by atoms with Crippen LogP contribution in [-0.4, -0.2) is 9.97 Å².